The summed E-state index contributed by atoms with van der Waals surface area (Å²) in [6.07, 6.45) is 5.89. The van der Waals surface area contributed by atoms with E-state index in [4.69, 9.17) is 0 Å². The SMILES string of the molecule is C=B[B]C(/C=C\C)=C(\C)C=C. The molecule has 0 saturated heterocycles. The Morgan fingerprint density at radius 2 is 2.09 bits per heavy atom. The van der Waals surface area contributed by atoms with E-state index in [2.05, 4.69) is 13.0 Å². The summed E-state index contributed by atoms with van der Waals surface area (Å²) in [4.78, 5) is 0. The van der Waals surface area contributed by atoms with E-state index in [1.807, 2.05) is 39.2 Å². The van der Waals surface area contributed by atoms with Crippen molar-refractivity contribution in [3.05, 3.63) is 35.9 Å². The van der Waals surface area contributed by atoms with Crippen molar-refractivity contribution >= 4 is 20.5 Å². The number of hydrogen-bond donors (Lipinski definition) is 0. The topological polar surface area (TPSA) is 0 Å². The average molecular weight is 143 g/mol. The fourth-order valence-corrected chi connectivity index (χ4v) is 0.743. The zero-order valence-electron chi connectivity index (χ0n) is 7.30. The van der Waals surface area contributed by atoms with Crippen molar-refractivity contribution in [2.45, 2.75) is 13.8 Å². The molecule has 0 spiro atoms. The van der Waals surface area contributed by atoms with Gasteiger partial charge in [0.05, 0.1) is 0 Å². The molecule has 0 atom stereocenters. The van der Waals surface area contributed by atoms with Gasteiger partial charge in [-0.15, -0.1) is 0 Å². The molecule has 0 N–H and O–H groups in total. The van der Waals surface area contributed by atoms with Gasteiger partial charge in [-0.3, -0.25) is 0 Å². The summed E-state index contributed by atoms with van der Waals surface area (Å²) in [6.45, 7) is 13.1. The minimum absolute atomic E-state index is 1.16. The molecule has 11 heavy (non-hydrogen) atoms. The second-order valence-corrected chi connectivity index (χ2v) is 2.24. The number of hydrogen-bond acceptors (Lipinski definition) is 0. The molecule has 0 rings (SSSR count). The van der Waals surface area contributed by atoms with Gasteiger partial charge < -0.3 is 0 Å². The van der Waals surface area contributed by atoms with Crippen molar-refractivity contribution in [1.82, 2.24) is 0 Å². The first-order valence-electron chi connectivity index (χ1n) is 3.68. The predicted octanol–water partition coefficient (Wildman–Crippen LogP) is 1.78. The standard InChI is InChI=1S/C9H13B2/c1-5-7-9(11-10-4)8(3)6-2/h5-7H,2,4H2,1,3H3/b7-5-,9-8+. The van der Waals surface area contributed by atoms with E-state index in [1.54, 1.807) is 6.81 Å². The molecule has 0 aliphatic carbocycles. The molecule has 1 radical (unpaired) electrons. The second-order valence-electron chi connectivity index (χ2n) is 2.24. The molecule has 0 amide bonds. The van der Waals surface area contributed by atoms with Crippen molar-refractivity contribution in [3.8, 4) is 0 Å². The zero-order valence-corrected chi connectivity index (χ0v) is 7.30. The third kappa shape index (κ3) is 3.82. The normalized spacial score (nSPS) is 12.2. The average Bonchev–Trinajstić information content (AvgIpc) is 2.03. The van der Waals surface area contributed by atoms with E-state index >= 15 is 0 Å². The predicted molar refractivity (Wildman–Crippen MR) is 56.3 cm³/mol. The Balaban J connectivity index is 4.54. The van der Waals surface area contributed by atoms with Crippen LogP contribution in [0, 0.1) is 0 Å². The van der Waals surface area contributed by atoms with Crippen LogP contribution in [0.2, 0.25) is 0 Å². The van der Waals surface area contributed by atoms with Crippen molar-refractivity contribution in [2.24, 2.45) is 0 Å². The quantitative estimate of drug-likeness (QED) is 0.415. The third-order valence-electron chi connectivity index (χ3n) is 1.41. The summed E-state index contributed by atoms with van der Waals surface area (Å²) in [7, 11) is 1.97. The van der Waals surface area contributed by atoms with Crippen LogP contribution in [0.3, 0.4) is 0 Å². The number of allylic oxidation sites excluding steroid dienone is 5. The molecule has 0 aromatic carbocycles. The Morgan fingerprint density at radius 3 is 2.45 bits per heavy atom. The molecule has 0 nitrogen and oxygen atoms in total. The van der Waals surface area contributed by atoms with Crippen LogP contribution >= 0.6 is 0 Å². The summed E-state index contributed by atoms with van der Waals surface area (Å²) in [5.74, 6) is 0. The van der Waals surface area contributed by atoms with Gasteiger partial charge in [0, 0.05) is 0 Å². The van der Waals surface area contributed by atoms with E-state index < -0.39 is 0 Å². The van der Waals surface area contributed by atoms with Gasteiger partial charge in [-0.25, -0.2) is 0 Å². The molecule has 55 valence electrons. The molecular formula is C9H13B2. The molecule has 0 fully saturated rings. The molecular weight excluding hydrogens is 130 g/mol. The second kappa shape index (κ2) is 5.96. The van der Waals surface area contributed by atoms with Gasteiger partial charge in [0.25, 0.3) is 0 Å². The van der Waals surface area contributed by atoms with Crippen molar-refractivity contribution in [2.75, 3.05) is 0 Å². The van der Waals surface area contributed by atoms with Gasteiger partial charge in [-0.1, -0.05) is 0 Å². The first kappa shape index (κ1) is 10.2. The van der Waals surface area contributed by atoms with Gasteiger partial charge in [-0.05, 0) is 0 Å². The molecule has 0 aromatic rings. The zero-order chi connectivity index (χ0) is 8.69. The Labute approximate surface area is 70.8 Å². The molecule has 0 heterocycles. The summed E-state index contributed by atoms with van der Waals surface area (Å²) in [6, 6.07) is 0. The molecule has 0 aliphatic rings. The molecule has 0 aliphatic heterocycles. The van der Waals surface area contributed by atoms with Crippen molar-refractivity contribution < 1.29 is 0 Å². The van der Waals surface area contributed by atoms with E-state index in [0.29, 0.717) is 0 Å². The van der Waals surface area contributed by atoms with Crippen LogP contribution in [0.15, 0.2) is 35.9 Å². The Kier molecular flexibility index (Phi) is 5.54. The first-order valence-corrected chi connectivity index (χ1v) is 3.68. The van der Waals surface area contributed by atoms with E-state index in [1.165, 1.54) is 5.57 Å². The summed E-state index contributed by atoms with van der Waals surface area (Å²) in [5.41, 5.74) is 2.33. The van der Waals surface area contributed by atoms with Gasteiger partial charge in [0.2, 0.25) is 0 Å². The number of rotatable bonds is 4. The van der Waals surface area contributed by atoms with Crippen LogP contribution < -0.4 is 0 Å². The summed E-state index contributed by atoms with van der Waals surface area (Å²) >= 11 is 0. The maximum atomic E-state index is 3.70. The van der Waals surface area contributed by atoms with Crippen LogP contribution in [0.4, 0.5) is 0 Å². The van der Waals surface area contributed by atoms with Gasteiger partial charge >= 0.3 is 70.2 Å². The molecule has 0 bridgehead atoms. The Hall–Kier alpha value is -0.780. The van der Waals surface area contributed by atoms with Crippen molar-refractivity contribution in [3.63, 3.8) is 0 Å². The Bertz CT molecular complexity index is 200. The van der Waals surface area contributed by atoms with E-state index in [9.17, 15) is 0 Å². The van der Waals surface area contributed by atoms with Crippen LogP contribution in [0.5, 0.6) is 0 Å². The molecule has 2 heteroatoms. The fourth-order valence-electron chi connectivity index (χ4n) is 0.743. The van der Waals surface area contributed by atoms with Gasteiger partial charge in [0.15, 0.2) is 0 Å². The third-order valence-corrected chi connectivity index (χ3v) is 1.41. The van der Waals surface area contributed by atoms with Crippen molar-refractivity contribution in [1.29, 1.82) is 0 Å². The van der Waals surface area contributed by atoms with Gasteiger partial charge in [-0.2, -0.15) is 0 Å². The minimum atomic E-state index is 1.16. The van der Waals surface area contributed by atoms with E-state index in [-0.39, 0.29) is 0 Å². The Morgan fingerprint density at radius 1 is 1.45 bits per heavy atom. The van der Waals surface area contributed by atoms with Gasteiger partial charge in [0.1, 0.15) is 0 Å². The summed E-state index contributed by atoms with van der Waals surface area (Å²) in [5, 5.41) is 0. The molecule has 0 unspecified atom stereocenters. The van der Waals surface area contributed by atoms with Crippen LogP contribution in [-0.2, 0) is 0 Å². The fraction of sp³-hybridized carbons (Fsp3) is 0.222. The van der Waals surface area contributed by atoms with Crippen LogP contribution in [0.1, 0.15) is 13.8 Å². The van der Waals surface area contributed by atoms with E-state index in [0.717, 1.165) is 5.47 Å². The molecule has 0 aromatic heterocycles. The monoisotopic (exact) mass is 143 g/mol. The van der Waals surface area contributed by atoms with Crippen LogP contribution in [0.25, 0.3) is 0 Å². The molecule has 0 saturated carbocycles. The van der Waals surface area contributed by atoms with Crippen LogP contribution in [-0.4, -0.2) is 20.5 Å². The maximum absolute atomic E-state index is 3.70. The first-order chi connectivity index (χ1) is 5.26. The summed E-state index contributed by atoms with van der Waals surface area (Å²) < 4.78 is 0.